The van der Waals surface area contributed by atoms with Crippen LogP contribution in [0, 0.1) is 5.82 Å². The number of anilines is 1. The third-order valence-corrected chi connectivity index (χ3v) is 4.04. The van der Waals surface area contributed by atoms with Crippen LogP contribution in [0.5, 0.6) is 5.75 Å². The number of nitrogens with one attached hydrogen (secondary N) is 1. The number of nitrogens with zero attached hydrogens (tertiary/aromatic N) is 3. The minimum Gasteiger partial charge on any atom is -0.406 e. The van der Waals surface area contributed by atoms with Crippen molar-refractivity contribution in [3.8, 4) is 5.75 Å². The molecule has 0 spiro atoms. The summed E-state index contributed by atoms with van der Waals surface area (Å²) in [5.74, 6) is -0.652. The summed E-state index contributed by atoms with van der Waals surface area (Å²) in [5.41, 5.74) is 3.44. The highest BCUT2D eigenvalue weighted by atomic mass is 19.4. The largest absolute Gasteiger partial charge is 0.573 e. The number of benzene rings is 2. The molecule has 5 nitrogen and oxygen atoms in total. The first-order valence-corrected chi connectivity index (χ1v) is 7.89. The highest BCUT2D eigenvalue weighted by molar-refractivity contribution is 5.82. The van der Waals surface area contributed by atoms with E-state index < -0.39 is 6.36 Å². The van der Waals surface area contributed by atoms with Gasteiger partial charge in [0, 0.05) is 17.5 Å². The molecule has 0 bridgehead atoms. The van der Waals surface area contributed by atoms with Crippen molar-refractivity contribution >= 4 is 11.3 Å². The molecular weight excluding hydrogens is 364 g/mol. The Hall–Kier alpha value is -3.36. The minimum absolute atomic E-state index is 0.298. The summed E-state index contributed by atoms with van der Waals surface area (Å²) in [6.45, 7) is 0.385. The number of alkyl halides is 3. The van der Waals surface area contributed by atoms with E-state index >= 15 is 0 Å². The van der Waals surface area contributed by atoms with Crippen molar-refractivity contribution in [3.63, 3.8) is 0 Å². The molecule has 0 atom stereocenters. The van der Waals surface area contributed by atoms with Crippen LogP contribution in [-0.4, -0.2) is 21.8 Å². The average molecular weight is 376 g/mol. The molecule has 0 radical (unpaired) electrons. The van der Waals surface area contributed by atoms with Gasteiger partial charge in [0.25, 0.3) is 0 Å². The van der Waals surface area contributed by atoms with Crippen LogP contribution in [0.4, 0.5) is 23.2 Å². The molecule has 2 aromatic carbocycles. The van der Waals surface area contributed by atoms with Gasteiger partial charge >= 0.3 is 6.36 Å². The van der Waals surface area contributed by atoms with Crippen LogP contribution in [0.3, 0.4) is 0 Å². The fraction of sp³-hybridized carbons (Fsp3) is 0.111. The number of hydrogen-bond donors (Lipinski definition) is 1. The lowest BCUT2D eigenvalue weighted by Gasteiger charge is -2.26. The van der Waals surface area contributed by atoms with E-state index in [-0.39, 0.29) is 11.6 Å². The summed E-state index contributed by atoms with van der Waals surface area (Å²) >= 11 is 0. The van der Waals surface area contributed by atoms with Gasteiger partial charge < -0.3 is 9.64 Å². The monoisotopic (exact) mass is 376 g/mol. The zero-order valence-corrected chi connectivity index (χ0v) is 13.7. The van der Waals surface area contributed by atoms with Crippen LogP contribution >= 0.6 is 0 Å². The fourth-order valence-electron chi connectivity index (χ4n) is 2.85. The molecule has 3 aromatic rings. The van der Waals surface area contributed by atoms with Crippen molar-refractivity contribution in [2.24, 2.45) is 0 Å². The normalized spacial score (nSPS) is 13.9. The van der Waals surface area contributed by atoms with Crippen LogP contribution in [0.15, 0.2) is 54.7 Å². The summed E-state index contributed by atoms with van der Waals surface area (Å²) in [4.78, 5) is 1.82. The number of rotatable bonds is 3. The van der Waals surface area contributed by atoms with Crippen LogP contribution in [0.1, 0.15) is 17.0 Å². The number of hydrogen-bond acceptors (Lipinski definition) is 4. The van der Waals surface area contributed by atoms with Crippen molar-refractivity contribution < 1.29 is 22.3 Å². The molecule has 27 heavy (non-hydrogen) atoms. The zero-order chi connectivity index (χ0) is 19.0. The first-order chi connectivity index (χ1) is 12.9. The first kappa shape index (κ1) is 17.1. The molecule has 0 saturated heterocycles. The lowest BCUT2D eigenvalue weighted by atomic mass is 9.99. The van der Waals surface area contributed by atoms with E-state index in [0.29, 0.717) is 23.6 Å². The molecule has 2 heterocycles. The lowest BCUT2D eigenvalue weighted by Crippen LogP contribution is -2.22. The molecule has 1 aliphatic rings. The number of aromatic amines is 1. The van der Waals surface area contributed by atoms with Crippen molar-refractivity contribution in [3.05, 3.63) is 77.5 Å². The Morgan fingerprint density at radius 1 is 0.963 bits per heavy atom. The Labute approximate surface area is 150 Å². The number of aromatic nitrogens is 3. The molecule has 0 saturated carbocycles. The van der Waals surface area contributed by atoms with Crippen molar-refractivity contribution in [2.75, 3.05) is 4.90 Å². The van der Waals surface area contributed by atoms with E-state index in [9.17, 15) is 17.6 Å². The number of H-pyrrole nitrogens is 1. The number of halogens is 4. The predicted molar refractivity (Wildman–Crippen MR) is 89.2 cm³/mol. The van der Waals surface area contributed by atoms with Gasteiger partial charge in [0.1, 0.15) is 23.0 Å². The Morgan fingerprint density at radius 3 is 2.33 bits per heavy atom. The minimum atomic E-state index is -4.74. The average Bonchev–Trinajstić information content (AvgIpc) is 3.09. The first-order valence-electron chi connectivity index (χ1n) is 7.89. The summed E-state index contributed by atoms with van der Waals surface area (Å²) in [7, 11) is 0. The van der Waals surface area contributed by atoms with E-state index in [1.54, 1.807) is 18.3 Å². The molecule has 1 N–H and O–H groups in total. The maximum Gasteiger partial charge on any atom is 0.573 e. The van der Waals surface area contributed by atoms with Gasteiger partial charge in [-0.05, 0) is 42.0 Å². The molecule has 1 aromatic heterocycles. The summed E-state index contributed by atoms with van der Waals surface area (Å²) in [5, 5.41) is 10.8. The molecule has 0 aliphatic carbocycles. The van der Waals surface area contributed by atoms with Gasteiger partial charge in [-0.2, -0.15) is 15.4 Å². The number of fused-ring (bicyclic) bond motifs is 1. The summed E-state index contributed by atoms with van der Waals surface area (Å²) < 4.78 is 54.0. The van der Waals surface area contributed by atoms with Gasteiger partial charge in [0.15, 0.2) is 0 Å². The molecule has 0 unspecified atom stereocenters. The maximum atomic E-state index is 13.2. The SMILES string of the molecule is Fc1ccc(C2=CN(c3ccc(OC(F)(F)F)cc3)Cc3n[nH]nc32)cc1. The van der Waals surface area contributed by atoms with Gasteiger partial charge in [0.2, 0.25) is 0 Å². The molecule has 0 amide bonds. The number of ether oxygens (including phenoxy) is 1. The third-order valence-electron chi connectivity index (χ3n) is 4.04. The predicted octanol–water partition coefficient (Wildman–Crippen LogP) is 4.25. The Morgan fingerprint density at radius 2 is 1.67 bits per heavy atom. The van der Waals surface area contributed by atoms with Gasteiger partial charge in [0.05, 0.1) is 6.54 Å². The molecular formula is C18H12F4N4O. The van der Waals surface area contributed by atoms with Crippen LogP contribution < -0.4 is 9.64 Å². The van der Waals surface area contributed by atoms with E-state index in [4.69, 9.17) is 0 Å². The topological polar surface area (TPSA) is 54.0 Å². The highest BCUT2D eigenvalue weighted by Crippen LogP contribution is 2.33. The Balaban J connectivity index is 1.67. The molecule has 9 heteroatoms. The second kappa shape index (κ2) is 6.42. The molecule has 4 rings (SSSR count). The smallest absolute Gasteiger partial charge is 0.406 e. The van der Waals surface area contributed by atoms with Crippen molar-refractivity contribution in [1.82, 2.24) is 15.4 Å². The van der Waals surface area contributed by atoms with Crippen molar-refractivity contribution in [2.45, 2.75) is 12.9 Å². The second-order valence-corrected chi connectivity index (χ2v) is 5.84. The standard InChI is InChI=1S/C18H12F4N4O/c19-12-3-1-11(2-4-12)15-9-26(10-16-17(15)24-25-23-16)13-5-7-14(8-6-13)27-18(20,21)22/h1-9H,10H2,(H,23,24,25). The Kier molecular flexibility index (Phi) is 4.06. The molecule has 0 fully saturated rings. The van der Waals surface area contributed by atoms with E-state index in [1.165, 1.54) is 36.4 Å². The van der Waals surface area contributed by atoms with Gasteiger partial charge in [-0.1, -0.05) is 12.1 Å². The highest BCUT2D eigenvalue weighted by Gasteiger charge is 2.31. The fourth-order valence-corrected chi connectivity index (χ4v) is 2.85. The Bertz CT molecular complexity index is 978. The van der Waals surface area contributed by atoms with E-state index in [2.05, 4.69) is 20.1 Å². The quantitative estimate of drug-likeness (QED) is 0.695. The van der Waals surface area contributed by atoms with Crippen LogP contribution in [0.2, 0.25) is 0 Å². The molecule has 138 valence electrons. The molecule has 1 aliphatic heterocycles. The zero-order valence-electron chi connectivity index (χ0n) is 13.7. The summed E-state index contributed by atoms with van der Waals surface area (Å²) in [6, 6.07) is 11.5. The van der Waals surface area contributed by atoms with Crippen LogP contribution in [-0.2, 0) is 6.54 Å². The second-order valence-electron chi connectivity index (χ2n) is 5.84. The van der Waals surface area contributed by atoms with E-state index in [1.807, 2.05) is 4.90 Å². The van der Waals surface area contributed by atoms with Gasteiger partial charge in [-0.3, -0.25) is 0 Å². The third kappa shape index (κ3) is 3.62. The van der Waals surface area contributed by atoms with Crippen molar-refractivity contribution in [1.29, 1.82) is 0 Å². The maximum absolute atomic E-state index is 13.2. The van der Waals surface area contributed by atoms with Gasteiger partial charge in [-0.25, -0.2) is 4.39 Å². The van der Waals surface area contributed by atoms with Crippen LogP contribution in [0.25, 0.3) is 5.57 Å². The van der Waals surface area contributed by atoms with Gasteiger partial charge in [-0.15, -0.1) is 13.2 Å². The lowest BCUT2D eigenvalue weighted by molar-refractivity contribution is -0.274. The van der Waals surface area contributed by atoms with E-state index in [0.717, 1.165) is 11.1 Å². The summed E-state index contributed by atoms with van der Waals surface area (Å²) in [6.07, 6.45) is -2.93.